The Bertz CT molecular complexity index is 2860. The van der Waals surface area contributed by atoms with Crippen molar-refractivity contribution in [3.05, 3.63) is 175 Å². The molecule has 7 aromatic carbocycles. The number of hydrogen-bond donors (Lipinski definition) is 0. The highest BCUT2D eigenvalue weighted by Gasteiger charge is 2.52. The quantitative estimate of drug-likeness (QED) is 0.135. The minimum absolute atomic E-state index is 0.277. The summed E-state index contributed by atoms with van der Waals surface area (Å²) in [5, 5.41) is 2.11. The van der Waals surface area contributed by atoms with Gasteiger partial charge in [0.05, 0.1) is 33.4 Å². The van der Waals surface area contributed by atoms with Crippen molar-refractivity contribution in [3.8, 4) is 5.69 Å². The first-order valence-electron chi connectivity index (χ1n) is 22.9. The summed E-state index contributed by atoms with van der Waals surface area (Å²) in [5.74, 6) is -0.277. The summed E-state index contributed by atoms with van der Waals surface area (Å²) in [7, 11) is -0.930. The largest absolute Gasteiger partial charge is 0.494 e. The first kappa shape index (κ1) is 43.7. The molecule has 8 aromatic rings. The lowest BCUT2D eigenvalue weighted by atomic mass is 9.79. The van der Waals surface area contributed by atoms with Crippen molar-refractivity contribution in [1.82, 2.24) is 4.57 Å². The fraction of sp³-hybridized carbons (Fsp3) is 0.250. The Morgan fingerprint density at radius 2 is 0.697 bits per heavy atom. The van der Waals surface area contributed by atoms with Crippen molar-refractivity contribution in [2.45, 2.75) is 91.6 Å². The lowest BCUT2D eigenvalue weighted by molar-refractivity contribution is 0.00578. The van der Waals surface area contributed by atoms with Crippen LogP contribution in [-0.4, -0.2) is 41.2 Å². The van der Waals surface area contributed by atoms with Crippen LogP contribution in [-0.2, 0) is 18.6 Å². The lowest BCUT2D eigenvalue weighted by Crippen LogP contribution is -2.41. The number of aromatic nitrogens is 1. The molecule has 3 heterocycles. The van der Waals surface area contributed by atoms with E-state index in [9.17, 15) is 4.39 Å². The summed E-state index contributed by atoms with van der Waals surface area (Å²) in [5.41, 5.74) is 11.5. The van der Waals surface area contributed by atoms with Crippen LogP contribution in [0.15, 0.2) is 158 Å². The summed E-state index contributed by atoms with van der Waals surface area (Å²) < 4.78 is 42.4. The van der Waals surface area contributed by atoms with Gasteiger partial charge in [0.15, 0.2) is 0 Å². The number of hydrogen-bond acceptors (Lipinski definition) is 6. The third-order valence-electron chi connectivity index (χ3n) is 14.3. The van der Waals surface area contributed by atoms with Gasteiger partial charge in [-0.3, -0.25) is 0 Å². The van der Waals surface area contributed by atoms with E-state index in [1.54, 1.807) is 0 Å². The number of halogens is 1. The highest BCUT2D eigenvalue weighted by Crippen LogP contribution is 2.44. The summed E-state index contributed by atoms with van der Waals surface area (Å²) in [6.07, 6.45) is 0. The monoisotopic (exact) mass is 875 g/mol. The third-order valence-corrected chi connectivity index (χ3v) is 14.3. The highest BCUT2D eigenvalue weighted by atomic mass is 19.1. The van der Waals surface area contributed by atoms with Gasteiger partial charge in [-0.05, 0) is 189 Å². The fourth-order valence-corrected chi connectivity index (χ4v) is 8.95. The molecule has 10 rings (SSSR count). The average Bonchev–Trinajstić information content (AvgIpc) is 3.82. The molecular formula is C56H56B2FN3O4. The smallest absolute Gasteiger partial charge is 0.399 e. The standard InChI is InChI=1S/C56H56B2FN3O4/c1-37-11-21-42(22-12-37)60(44-25-15-39(16-26-44)57-63-53(3,4)54(5,6)64-57)47-31-33-51-49(35-47)50-36-48(32-34-52(50)62(51)46-29-19-41(59)20-30-46)61(43-23-13-38(2)14-24-43)45-27-17-40(18-28-45)58-65-55(7,8)56(9,10)66-58/h11-36H,1-10H3. The molecule has 0 saturated carbocycles. The zero-order valence-electron chi connectivity index (χ0n) is 39.5. The van der Waals surface area contributed by atoms with Crippen LogP contribution in [0.2, 0.25) is 0 Å². The Hall–Kier alpha value is -6.16. The molecule has 0 unspecified atom stereocenters. The van der Waals surface area contributed by atoms with Gasteiger partial charge >= 0.3 is 14.2 Å². The van der Waals surface area contributed by atoms with Gasteiger partial charge in [0.2, 0.25) is 0 Å². The predicted octanol–water partition coefficient (Wildman–Crippen LogP) is 13.1. The van der Waals surface area contributed by atoms with Gasteiger partial charge in [-0.2, -0.15) is 0 Å². The molecule has 332 valence electrons. The number of fused-ring (bicyclic) bond motifs is 3. The van der Waals surface area contributed by atoms with E-state index in [1.165, 1.54) is 23.3 Å². The van der Waals surface area contributed by atoms with E-state index in [1.807, 2.05) is 12.1 Å². The molecule has 0 spiro atoms. The number of anilines is 6. The van der Waals surface area contributed by atoms with Crippen LogP contribution in [0.4, 0.5) is 38.5 Å². The van der Waals surface area contributed by atoms with E-state index in [0.29, 0.717) is 0 Å². The molecule has 2 saturated heterocycles. The molecule has 0 radical (unpaired) electrons. The SMILES string of the molecule is Cc1ccc(N(c2ccc(B3OC(C)(C)C(C)(C)O3)cc2)c2ccc3c(c2)c2cc(N(c4ccc(C)cc4)c4ccc(B5OC(C)(C)C(C)(C)O5)cc4)ccc2n3-c2ccc(F)cc2)cc1. The second kappa shape index (κ2) is 16.0. The maximum absolute atomic E-state index is 14.4. The number of benzene rings is 7. The zero-order chi connectivity index (χ0) is 46.3. The fourth-order valence-electron chi connectivity index (χ4n) is 8.95. The minimum Gasteiger partial charge on any atom is -0.399 e. The van der Waals surface area contributed by atoms with Gasteiger partial charge in [-0.1, -0.05) is 59.7 Å². The normalized spacial score (nSPS) is 17.2. The molecule has 0 N–H and O–H groups in total. The number of rotatable bonds is 9. The van der Waals surface area contributed by atoms with Crippen molar-refractivity contribution in [1.29, 1.82) is 0 Å². The van der Waals surface area contributed by atoms with Crippen LogP contribution < -0.4 is 20.7 Å². The molecule has 7 nitrogen and oxygen atoms in total. The van der Waals surface area contributed by atoms with Crippen molar-refractivity contribution in [2.75, 3.05) is 9.80 Å². The van der Waals surface area contributed by atoms with Gasteiger partial charge < -0.3 is 33.0 Å². The van der Waals surface area contributed by atoms with Crippen LogP contribution in [0.5, 0.6) is 0 Å². The molecular weight excluding hydrogens is 819 g/mol. The summed E-state index contributed by atoms with van der Waals surface area (Å²) >= 11 is 0. The topological polar surface area (TPSA) is 48.3 Å². The second-order valence-corrected chi connectivity index (χ2v) is 19.9. The maximum atomic E-state index is 14.4. The van der Waals surface area contributed by atoms with Crippen molar-refractivity contribution >= 4 is 81.1 Å². The van der Waals surface area contributed by atoms with Crippen LogP contribution in [0.1, 0.15) is 66.5 Å². The molecule has 2 aliphatic heterocycles. The first-order chi connectivity index (χ1) is 31.4. The molecule has 0 bridgehead atoms. The van der Waals surface area contributed by atoms with Gasteiger partial charge in [0.25, 0.3) is 0 Å². The van der Waals surface area contributed by atoms with E-state index < -0.39 is 36.6 Å². The Morgan fingerprint density at radius 1 is 0.394 bits per heavy atom. The molecule has 0 atom stereocenters. The van der Waals surface area contributed by atoms with Crippen molar-refractivity contribution < 1.29 is 23.0 Å². The molecule has 1 aromatic heterocycles. The second-order valence-electron chi connectivity index (χ2n) is 19.9. The summed E-state index contributed by atoms with van der Waals surface area (Å²) in [6.45, 7) is 20.8. The Labute approximate surface area is 389 Å². The molecule has 2 aliphatic rings. The van der Waals surface area contributed by atoms with E-state index in [0.717, 1.165) is 72.5 Å². The van der Waals surface area contributed by atoms with Gasteiger partial charge in [0, 0.05) is 50.6 Å². The lowest BCUT2D eigenvalue weighted by Gasteiger charge is -2.32. The highest BCUT2D eigenvalue weighted by molar-refractivity contribution is 6.62. The molecule has 10 heteroatoms. The molecule has 0 aliphatic carbocycles. The van der Waals surface area contributed by atoms with E-state index >= 15 is 0 Å². The van der Waals surface area contributed by atoms with Crippen LogP contribution >= 0.6 is 0 Å². The summed E-state index contributed by atoms with van der Waals surface area (Å²) in [6, 6.07) is 54.2. The van der Waals surface area contributed by atoms with Gasteiger partial charge in [0.1, 0.15) is 5.82 Å². The molecule has 0 amide bonds. The zero-order valence-corrected chi connectivity index (χ0v) is 39.5. The van der Waals surface area contributed by atoms with Crippen LogP contribution in [0.25, 0.3) is 27.5 Å². The van der Waals surface area contributed by atoms with E-state index in [-0.39, 0.29) is 5.82 Å². The Morgan fingerprint density at radius 3 is 1.03 bits per heavy atom. The molecule has 66 heavy (non-hydrogen) atoms. The predicted molar refractivity (Wildman–Crippen MR) is 271 cm³/mol. The molecule has 2 fully saturated rings. The number of nitrogens with zero attached hydrogens (tertiary/aromatic N) is 3. The minimum atomic E-state index is -0.465. The third kappa shape index (κ3) is 7.69. The van der Waals surface area contributed by atoms with Gasteiger partial charge in [-0.25, -0.2) is 4.39 Å². The van der Waals surface area contributed by atoms with Crippen molar-refractivity contribution in [2.24, 2.45) is 0 Å². The van der Waals surface area contributed by atoms with E-state index in [4.69, 9.17) is 18.6 Å². The van der Waals surface area contributed by atoms with Gasteiger partial charge in [-0.15, -0.1) is 0 Å². The maximum Gasteiger partial charge on any atom is 0.494 e. The number of aryl methyl sites for hydroxylation is 2. The summed E-state index contributed by atoms with van der Waals surface area (Å²) in [4.78, 5) is 4.58. The Balaban J connectivity index is 1.12. The average molecular weight is 876 g/mol. The Kier molecular flexibility index (Phi) is 10.6. The van der Waals surface area contributed by atoms with Crippen LogP contribution in [0, 0.1) is 19.7 Å². The van der Waals surface area contributed by atoms with Crippen molar-refractivity contribution in [3.63, 3.8) is 0 Å². The first-order valence-corrected chi connectivity index (χ1v) is 22.9. The van der Waals surface area contributed by atoms with Crippen LogP contribution in [0.3, 0.4) is 0 Å². The van der Waals surface area contributed by atoms with E-state index in [2.05, 4.69) is 217 Å².